The smallest absolute Gasteiger partial charge is 0.0979 e. The topological polar surface area (TPSA) is 35.6 Å². The van der Waals surface area contributed by atoms with Crippen molar-refractivity contribution in [1.82, 2.24) is 19.1 Å². The number of hydrogen-bond acceptors (Lipinski definition) is 2. The van der Waals surface area contributed by atoms with E-state index in [1.807, 2.05) is 24.3 Å². The zero-order valence-electron chi connectivity index (χ0n) is 35.7. The van der Waals surface area contributed by atoms with Gasteiger partial charge in [-0.05, 0) is 100 Å². The highest BCUT2D eigenvalue weighted by atomic mass is 15.0. The van der Waals surface area contributed by atoms with Crippen molar-refractivity contribution in [2.45, 2.75) is 6.92 Å². The number of allylic oxidation sites excluding steroid dienone is 2. The molecular weight excluding hydrogens is 789 g/mol. The van der Waals surface area contributed by atoms with Crippen LogP contribution in [0.2, 0.25) is 0 Å². The Bertz CT molecular complexity index is 4160. The van der Waals surface area contributed by atoms with Gasteiger partial charge in [-0.25, -0.2) is 9.97 Å². The number of aryl methyl sites for hydroxylation is 1. The van der Waals surface area contributed by atoms with Gasteiger partial charge >= 0.3 is 0 Å². The Kier molecular flexibility index (Phi) is 8.24. The molecule has 65 heavy (non-hydrogen) atoms. The third-order valence-electron chi connectivity index (χ3n) is 13.4. The Labute approximate surface area is 375 Å². The standard InChI is InChI=1S/C61H40N4/c1-3-4-16-41-37-57-50(35-38(41)2)58-55(27-15-28-56(58)65-53-26-14-11-23-47(53)49-32-31-40-18-7-8-20-44(40)61(49)65)64(57)54-34-33-48(45-21-9-10-22-46(45)54)60-59(62-51-24-12-13-25-52(51)63-60)43-30-29-39-17-5-6-19-42(39)36-43/h3-37H,1H2,2H3/b16-4-. The molecule has 0 atom stereocenters. The summed E-state index contributed by atoms with van der Waals surface area (Å²) in [5.74, 6) is 0. The van der Waals surface area contributed by atoms with E-state index < -0.39 is 0 Å². The van der Waals surface area contributed by atoms with E-state index in [-0.39, 0.29) is 0 Å². The molecular formula is C61H40N4. The molecule has 0 aliphatic carbocycles. The zero-order valence-corrected chi connectivity index (χ0v) is 35.7. The maximum Gasteiger partial charge on any atom is 0.0979 e. The molecule has 13 aromatic rings. The van der Waals surface area contributed by atoms with E-state index >= 15 is 0 Å². The van der Waals surface area contributed by atoms with Gasteiger partial charge in [0.2, 0.25) is 0 Å². The second-order valence-electron chi connectivity index (χ2n) is 17.0. The van der Waals surface area contributed by atoms with Gasteiger partial charge in [-0.3, -0.25) is 0 Å². The van der Waals surface area contributed by atoms with Crippen LogP contribution >= 0.6 is 0 Å². The SMILES string of the molecule is C=C/C=C\c1cc2c(cc1C)c1c(-n3c4ccccc4c4ccc5ccccc5c43)cccc1n2-c1ccc(-c2nc3ccccc3nc2-c2ccc3ccccc3c2)c2ccccc12. The molecule has 10 aromatic carbocycles. The monoisotopic (exact) mass is 828 g/mol. The lowest BCUT2D eigenvalue weighted by Crippen LogP contribution is -2.00. The van der Waals surface area contributed by atoms with Crippen LogP contribution in [0.25, 0.3) is 127 Å². The molecule has 0 fully saturated rings. The van der Waals surface area contributed by atoms with Crippen LogP contribution in [0.5, 0.6) is 0 Å². The fourth-order valence-electron chi connectivity index (χ4n) is 10.4. The lowest BCUT2D eigenvalue weighted by Gasteiger charge is -2.17. The Balaban J connectivity index is 1.12. The van der Waals surface area contributed by atoms with Gasteiger partial charge in [-0.1, -0.05) is 158 Å². The van der Waals surface area contributed by atoms with Crippen molar-refractivity contribution in [3.63, 3.8) is 0 Å². The second-order valence-corrected chi connectivity index (χ2v) is 17.0. The number of hydrogen-bond donors (Lipinski definition) is 0. The van der Waals surface area contributed by atoms with Crippen LogP contribution in [-0.4, -0.2) is 19.1 Å². The van der Waals surface area contributed by atoms with E-state index in [9.17, 15) is 0 Å². The van der Waals surface area contributed by atoms with Crippen molar-refractivity contribution in [3.8, 4) is 33.9 Å². The summed E-state index contributed by atoms with van der Waals surface area (Å²) in [4.78, 5) is 10.8. The Morgan fingerprint density at radius 1 is 0.446 bits per heavy atom. The van der Waals surface area contributed by atoms with Gasteiger partial charge in [0.25, 0.3) is 0 Å². The molecule has 0 N–H and O–H groups in total. The first-order valence-electron chi connectivity index (χ1n) is 22.2. The van der Waals surface area contributed by atoms with Gasteiger partial charge in [-0.15, -0.1) is 0 Å². The van der Waals surface area contributed by atoms with Crippen LogP contribution in [0, 0.1) is 6.92 Å². The van der Waals surface area contributed by atoms with Crippen molar-refractivity contribution in [2.75, 3.05) is 0 Å². The average molecular weight is 829 g/mol. The first-order chi connectivity index (χ1) is 32.1. The Morgan fingerprint density at radius 3 is 1.95 bits per heavy atom. The van der Waals surface area contributed by atoms with E-state index in [2.05, 4.69) is 211 Å². The molecule has 3 aromatic heterocycles. The van der Waals surface area contributed by atoms with Crippen molar-refractivity contribution >= 4 is 93.0 Å². The summed E-state index contributed by atoms with van der Waals surface area (Å²) < 4.78 is 4.99. The lowest BCUT2D eigenvalue weighted by atomic mass is 9.96. The third kappa shape index (κ3) is 5.64. The van der Waals surface area contributed by atoms with Crippen molar-refractivity contribution in [2.24, 2.45) is 0 Å². The normalized spacial score (nSPS) is 12.1. The summed E-state index contributed by atoms with van der Waals surface area (Å²) in [5.41, 5.74) is 14.8. The molecule has 4 heteroatoms. The van der Waals surface area contributed by atoms with E-state index in [1.165, 1.54) is 59.7 Å². The highest BCUT2D eigenvalue weighted by Crippen LogP contribution is 2.45. The van der Waals surface area contributed by atoms with E-state index in [0.717, 1.165) is 72.3 Å². The van der Waals surface area contributed by atoms with E-state index in [4.69, 9.17) is 9.97 Å². The summed E-state index contributed by atoms with van der Waals surface area (Å²) in [6.45, 7) is 6.21. The molecule has 3 heterocycles. The van der Waals surface area contributed by atoms with Crippen LogP contribution < -0.4 is 0 Å². The minimum absolute atomic E-state index is 0.859. The van der Waals surface area contributed by atoms with Crippen molar-refractivity contribution in [3.05, 3.63) is 224 Å². The number of para-hydroxylation sites is 3. The minimum atomic E-state index is 0.859. The molecule has 4 nitrogen and oxygen atoms in total. The van der Waals surface area contributed by atoms with Crippen LogP contribution in [0.1, 0.15) is 11.1 Å². The number of fused-ring (bicyclic) bond motifs is 11. The predicted molar refractivity (Wildman–Crippen MR) is 276 cm³/mol. The van der Waals surface area contributed by atoms with Gasteiger partial charge < -0.3 is 9.13 Å². The molecule has 0 saturated heterocycles. The largest absolute Gasteiger partial charge is 0.309 e. The van der Waals surface area contributed by atoms with Gasteiger partial charge in [0.05, 0.1) is 55.9 Å². The van der Waals surface area contributed by atoms with Crippen LogP contribution in [0.3, 0.4) is 0 Å². The number of benzene rings is 10. The number of rotatable bonds is 6. The quantitative estimate of drug-likeness (QED) is 0.157. The van der Waals surface area contributed by atoms with Crippen molar-refractivity contribution in [1.29, 1.82) is 0 Å². The second kappa shape index (κ2) is 14.5. The number of nitrogens with zero attached hydrogens (tertiary/aromatic N) is 4. The van der Waals surface area contributed by atoms with Gasteiger partial charge in [0.15, 0.2) is 0 Å². The molecule has 0 saturated carbocycles. The fourth-order valence-corrected chi connectivity index (χ4v) is 10.4. The molecule has 0 spiro atoms. The molecule has 13 rings (SSSR count). The first-order valence-corrected chi connectivity index (χ1v) is 22.2. The van der Waals surface area contributed by atoms with Crippen LogP contribution in [0.4, 0.5) is 0 Å². The molecule has 0 bridgehead atoms. The van der Waals surface area contributed by atoms with Crippen molar-refractivity contribution < 1.29 is 0 Å². The summed E-state index contributed by atoms with van der Waals surface area (Å²) in [6, 6.07) is 70.3. The van der Waals surface area contributed by atoms with Crippen LogP contribution in [-0.2, 0) is 0 Å². The zero-order chi connectivity index (χ0) is 43.2. The first kappa shape index (κ1) is 37.0. The summed E-state index contributed by atoms with van der Waals surface area (Å²) in [7, 11) is 0. The van der Waals surface area contributed by atoms with E-state index in [1.54, 1.807) is 0 Å². The Morgan fingerprint density at radius 2 is 1.12 bits per heavy atom. The fraction of sp³-hybridized carbons (Fsp3) is 0.0164. The molecule has 0 aliphatic rings. The van der Waals surface area contributed by atoms with Gasteiger partial charge in [-0.2, -0.15) is 0 Å². The van der Waals surface area contributed by atoms with Gasteiger partial charge in [0.1, 0.15) is 0 Å². The average Bonchev–Trinajstić information content (AvgIpc) is 3.87. The minimum Gasteiger partial charge on any atom is -0.309 e. The maximum absolute atomic E-state index is 5.42. The van der Waals surface area contributed by atoms with Crippen LogP contribution in [0.15, 0.2) is 213 Å². The summed E-state index contributed by atoms with van der Waals surface area (Å²) in [5, 5.41) is 11.9. The summed E-state index contributed by atoms with van der Waals surface area (Å²) in [6.07, 6.45) is 6.04. The van der Waals surface area contributed by atoms with E-state index in [0.29, 0.717) is 0 Å². The molecule has 0 amide bonds. The highest BCUT2D eigenvalue weighted by Gasteiger charge is 2.24. The molecule has 0 radical (unpaired) electrons. The highest BCUT2D eigenvalue weighted by molar-refractivity contribution is 6.22. The predicted octanol–water partition coefficient (Wildman–Crippen LogP) is 16.1. The third-order valence-corrected chi connectivity index (χ3v) is 13.4. The lowest BCUT2D eigenvalue weighted by molar-refractivity contribution is 1.18. The maximum atomic E-state index is 5.42. The molecule has 304 valence electrons. The van der Waals surface area contributed by atoms with Gasteiger partial charge in [0, 0.05) is 43.4 Å². The summed E-state index contributed by atoms with van der Waals surface area (Å²) >= 11 is 0. The molecule has 0 aliphatic heterocycles. The number of aromatic nitrogens is 4. The molecule has 0 unspecified atom stereocenters. The Hall–Kier alpha value is -8.60.